The largest absolute Gasteiger partial charge is 0.485 e. The summed E-state index contributed by atoms with van der Waals surface area (Å²) in [6.07, 6.45) is 4.41. The molecule has 0 aliphatic heterocycles. The van der Waals surface area contributed by atoms with Gasteiger partial charge in [-0.25, -0.2) is 15.8 Å². The number of ether oxygens (including phenoxy) is 1. The minimum Gasteiger partial charge on any atom is -0.485 e. The van der Waals surface area contributed by atoms with Crippen LogP contribution in [0.4, 0.5) is 5.82 Å². The number of pyridine rings is 1. The van der Waals surface area contributed by atoms with Gasteiger partial charge in [-0.15, -0.1) is 11.3 Å². The first-order valence-electron chi connectivity index (χ1n) is 10.8. The minimum atomic E-state index is -1.04. The van der Waals surface area contributed by atoms with Crippen molar-refractivity contribution in [1.82, 2.24) is 9.97 Å². The molecule has 0 spiro atoms. The Labute approximate surface area is 203 Å². The molecule has 0 saturated carbocycles. The molecule has 4 rings (SSSR count). The van der Waals surface area contributed by atoms with Crippen molar-refractivity contribution in [2.24, 2.45) is 5.84 Å². The van der Waals surface area contributed by atoms with E-state index in [1.165, 1.54) is 5.56 Å². The van der Waals surface area contributed by atoms with Gasteiger partial charge >= 0.3 is 0 Å². The maximum Gasteiger partial charge on any atom is 0.183 e. The first-order valence-corrected chi connectivity index (χ1v) is 11.6. The molecule has 0 amide bonds. The third kappa shape index (κ3) is 6.42. The van der Waals surface area contributed by atoms with Crippen LogP contribution in [0, 0.1) is 11.8 Å². The van der Waals surface area contributed by atoms with E-state index in [2.05, 4.69) is 39.4 Å². The molecule has 34 heavy (non-hydrogen) atoms. The summed E-state index contributed by atoms with van der Waals surface area (Å²) in [6.45, 7) is 3.63. The van der Waals surface area contributed by atoms with Gasteiger partial charge in [0.25, 0.3) is 0 Å². The van der Waals surface area contributed by atoms with Crippen LogP contribution in [-0.4, -0.2) is 20.7 Å². The predicted octanol–water partition coefficient (Wildman–Crippen LogP) is 4.78. The molecule has 0 aliphatic rings. The fraction of sp³-hybridized carbons (Fsp3) is 0.185. The monoisotopic (exact) mass is 470 g/mol. The van der Waals surface area contributed by atoms with Gasteiger partial charge in [-0.1, -0.05) is 54.3 Å². The number of rotatable bonds is 7. The van der Waals surface area contributed by atoms with E-state index in [-0.39, 0.29) is 0 Å². The molecule has 4 aromatic rings. The molecule has 0 unspecified atom stereocenters. The smallest absolute Gasteiger partial charge is 0.183 e. The highest BCUT2D eigenvalue weighted by atomic mass is 32.1. The zero-order valence-electron chi connectivity index (χ0n) is 19.1. The number of nitrogens with zero attached hydrogens (tertiary/aromatic N) is 2. The maximum atomic E-state index is 9.83. The van der Waals surface area contributed by atoms with Crippen molar-refractivity contribution in [2.75, 3.05) is 5.43 Å². The van der Waals surface area contributed by atoms with E-state index in [0.717, 1.165) is 33.0 Å². The molecule has 0 fully saturated rings. The van der Waals surface area contributed by atoms with Gasteiger partial charge in [0.05, 0.1) is 9.88 Å². The van der Waals surface area contributed by atoms with Crippen molar-refractivity contribution in [3.8, 4) is 28.0 Å². The lowest BCUT2D eigenvalue weighted by atomic mass is 10.1. The Morgan fingerprint density at radius 1 is 1.03 bits per heavy atom. The van der Waals surface area contributed by atoms with Gasteiger partial charge in [-0.2, -0.15) is 0 Å². The molecule has 2 aromatic heterocycles. The van der Waals surface area contributed by atoms with Crippen molar-refractivity contribution in [3.63, 3.8) is 0 Å². The Bertz CT molecular complexity index is 1320. The first-order chi connectivity index (χ1) is 16.4. The summed E-state index contributed by atoms with van der Waals surface area (Å²) < 4.78 is 6.06. The number of nitrogen functional groups attached to an aromatic ring is 1. The molecule has 0 aliphatic carbocycles. The van der Waals surface area contributed by atoms with Crippen molar-refractivity contribution in [2.45, 2.75) is 32.5 Å². The number of aliphatic hydroxyl groups is 1. The second-order valence-electron chi connectivity index (χ2n) is 8.29. The molecule has 0 bridgehead atoms. The van der Waals surface area contributed by atoms with Gasteiger partial charge in [0.15, 0.2) is 11.6 Å². The number of benzene rings is 2. The van der Waals surface area contributed by atoms with Crippen molar-refractivity contribution >= 4 is 17.2 Å². The molecular weight excluding hydrogens is 444 g/mol. The highest BCUT2D eigenvalue weighted by Crippen LogP contribution is 2.32. The number of hydrazine groups is 1. The molecule has 7 heteroatoms. The van der Waals surface area contributed by atoms with Crippen LogP contribution in [0.25, 0.3) is 10.4 Å². The number of hydrogen-bond donors (Lipinski definition) is 3. The number of nitrogens with two attached hydrogens (primary N) is 1. The Balaban J connectivity index is 1.50. The lowest BCUT2D eigenvalue weighted by molar-refractivity contribution is 0.143. The molecule has 2 aromatic carbocycles. The summed E-state index contributed by atoms with van der Waals surface area (Å²) in [7, 11) is 0. The molecule has 172 valence electrons. The van der Waals surface area contributed by atoms with Gasteiger partial charge in [-0.3, -0.25) is 0 Å². The molecule has 6 nitrogen and oxygen atoms in total. The van der Waals surface area contributed by atoms with Crippen LogP contribution >= 0.6 is 11.3 Å². The van der Waals surface area contributed by atoms with Crippen LogP contribution in [0.15, 0.2) is 73.1 Å². The Morgan fingerprint density at radius 3 is 2.59 bits per heavy atom. The zero-order chi connectivity index (χ0) is 24.0. The van der Waals surface area contributed by atoms with E-state index in [1.807, 2.05) is 54.7 Å². The normalized spacial score (nSPS) is 10.9. The predicted molar refractivity (Wildman–Crippen MR) is 136 cm³/mol. The van der Waals surface area contributed by atoms with E-state index < -0.39 is 5.60 Å². The number of anilines is 1. The summed E-state index contributed by atoms with van der Waals surface area (Å²) in [6, 6.07) is 19.9. The highest BCUT2D eigenvalue weighted by molar-refractivity contribution is 7.15. The summed E-state index contributed by atoms with van der Waals surface area (Å²) in [5.74, 6) is 12.5. The van der Waals surface area contributed by atoms with E-state index in [9.17, 15) is 5.11 Å². The molecule has 0 saturated heterocycles. The Hall–Kier alpha value is -3.70. The van der Waals surface area contributed by atoms with Crippen molar-refractivity contribution in [3.05, 3.63) is 94.8 Å². The summed E-state index contributed by atoms with van der Waals surface area (Å²) in [4.78, 5) is 10.0. The van der Waals surface area contributed by atoms with E-state index in [1.54, 1.807) is 31.4 Å². The van der Waals surface area contributed by atoms with Crippen LogP contribution in [0.3, 0.4) is 0 Å². The van der Waals surface area contributed by atoms with Crippen LogP contribution in [0.2, 0.25) is 0 Å². The summed E-state index contributed by atoms with van der Waals surface area (Å²) >= 11 is 1.63. The molecule has 2 heterocycles. The van der Waals surface area contributed by atoms with Gasteiger partial charge < -0.3 is 15.3 Å². The van der Waals surface area contributed by atoms with Crippen LogP contribution in [0.1, 0.15) is 35.5 Å². The first kappa shape index (κ1) is 23.5. The average Bonchev–Trinajstić information content (AvgIpc) is 3.30. The van der Waals surface area contributed by atoms with Gasteiger partial charge in [-0.05, 0) is 43.2 Å². The highest BCUT2D eigenvalue weighted by Gasteiger charge is 2.12. The van der Waals surface area contributed by atoms with E-state index in [4.69, 9.17) is 10.6 Å². The lowest BCUT2D eigenvalue weighted by Gasteiger charge is -2.12. The number of aromatic nitrogens is 2. The SMILES string of the molecule is CC(C)(O)C#Cc1cccc(COc2cc(-c3cnc(Cc4ccccc4)s3)cnc2NN)c1. The van der Waals surface area contributed by atoms with Gasteiger partial charge in [0.2, 0.25) is 0 Å². The number of hydrogen-bond acceptors (Lipinski definition) is 7. The lowest BCUT2D eigenvalue weighted by Crippen LogP contribution is -2.14. The van der Waals surface area contributed by atoms with Crippen LogP contribution in [-0.2, 0) is 13.0 Å². The Kier molecular flexibility index (Phi) is 7.24. The maximum absolute atomic E-state index is 9.83. The minimum absolute atomic E-state index is 0.319. The zero-order valence-corrected chi connectivity index (χ0v) is 19.9. The standard InChI is InChI=1S/C27H26N4O2S/c1-27(2,32)12-11-20-9-6-10-21(13-20)18-33-23-15-22(16-30-26(23)31-28)24-17-29-25(34-24)14-19-7-4-3-5-8-19/h3-10,13,15-17,32H,14,18,28H2,1-2H3,(H,30,31). The number of thiazole rings is 1. The summed E-state index contributed by atoms with van der Waals surface area (Å²) in [5.41, 5.74) is 5.44. The summed E-state index contributed by atoms with van der Waals surface area (Å²) in [5, 5.41) is 10.9. The van der Waals surface area contributed by atoms with Gasteiger partial charge in [0, 0.05) is 29.9 Å². The third-order valence-corrected chi connectivity index (χ3v) is 5.91. The Morgan fingerprint density at radius 2 is 1.82 bits per heavy atom. The molecular formula is C27H26N4O2S. The van der Waals surface area contributed by atoms with E-state index in [0.29, 0.717) is 18.2 Å². The van der Waals surface area contributed by atoms with Crippen molar-refractivity contribution < 1.29 is 9.84 Å². The third-order valence-electron chi connectivity index (χ3n) is 4.86. The second-order valence-corrected chi connectivity index (χ2v) is 9.41. The van der Waals surface area contributed by atoms with E-state index >= 15 is 0 Å². The average molecular weight is 471 g/mol. The van der Waals surface area contributed by atoms with Crippen LogP contribution in [0.5, 0.6) is 5.75 Å². The number of nitrogens with one attached hydrogen (secondary N) is 1. The quantitative estimate of drug-likeness (QED) is 0.204. The van der Waals surface area contributed by atoms with Crippen LogP contribution < -0.4 is 16.0 Å². The molecule has 0 atom stereocenters. The second kappa shape index (κ2) is 10.5. The molecule has 4 N–H and O–H groups in total. The fourth-order valence-electron chi connectivity index (χ4n) is 3.22. The fourth-order valence-corrected chi connectivity index (χ4v) is 4.15. The van der Waals surface area contributed by atoms with Crippen molar-refractivity contribution in [1.29, 1.82) is 0 Å². The van der Waals surface area contributed by atoms with Gasteiger partial charge in [0.1, 0.15) is 12.2 Å². The topological polar surface area (TPSA) is 93.3 Å². The molecule has 0 radical (unpaired) electrons.